The predicted molar refractivity (Wildman–Crippen MR) is 59.6 cm³/mol. The van der Waals surface area contributed by atoms with Gasteiger partial charge in [-0.2, -0.15) is 0 Å². The molecule has 1 saturated heterocycles. The van der Waals surface area contributed by atoms with Crippen molar-refractivity contribution in [2.45, 2.75) is 44.9 Å². The Labute approximate surface area is 100 Å². The Balaban J connectivity index is 2.23. The maximum atomic E-state index is 11.5. The molecule has 3 atom stereocenters. The average molecular weight is 245 g/mol. The second-order valence-electron chi connectivity index (χ2n) is 4.18. The van der Waals surface area contributed by atoms with Gasteiger partial charge in [0.05, 0.1) is 12.7 Å². The first-order valence-corrected chi connectivity index (χ1v) is 5.77. The molecule has 17 heavy (non-hydrogen) atoms. The molecule has 2 unspecified atom stereocenters. The second-order valence-corrected chi connectivity index (χ2v) is 4.18. The number of hydrogen-bond donors (Lipinski definition) is 2. The van der Waals surface area contributed by atoms with Gasteiger partial charge in [0.2, 0.25) is 5.91 Å². The molecule has 1 aliphatic rings. The number of carboxylic acid groups (broad SMARTS) is 1. The van der Waals surface area contributed by atoms with Gasteiger partial charge in [0, 0.05) is 6.61 Å². The summed E-state index contributed by atoms with van der Waals surface area (Å²) in [6.45, 7) is 4.12. The van der Waals surface area contributed by atoms with Gasteiger partial charge in [-0.25, -0.2) is 0 Å². The highest BCUT2D eigenvalue weighted by Gasteiger charge is 2.22. The highest BCUT2D eigenvalue weighted by molar-refractivity contribution is 5.85. The zero-order valence-corrected chi connectivity index (χ0v) is 10.1. The largest absolute Gasteiger partial charge is 0.480 e. The monoisotopic (exact) mass is 245 g/mol. The van der Waals surface area contributed by atoms with E-state index in [2.05, 4.69) is 5.32 Å². The van der Waals surface area contributed by atoms with E-state index in [0.29, 0.717) is 6.61 Å². The number of amides is 1. The Bertz CT molecular complexity index is 275. The maximum Gasteiger partial charge on any atom is 0.325 e. The smallest absolute Gasteiger partial charge is 0.325 e. The van der Waals surface area contributed by atoms with Crippen LogP contribution in [0.1, 0.15) is 26.7 Å². The van der Waals surface area contributed by atoms with E-state index >= 15 is 0 Å². The van der Waals surface area contributed by atoms with Crippen molar-refractivity contribution in [2.24, 2.45) is 0 Å². The minimum atomic E-state index is -1.07. The van der Waals surface area contributed by atoms with Crippen LogP contribution >= 0.6 is 0 Å². The highest BCUT2D eigenvalue weighted by atomic mass is 16.5. The summed E-state index contributed by atoms with van der Waals surface area (Å²) < 4.78 is 10.7. The van der Waals surface area contributed by atoms with E-state index in [1.54, 1.807) is 6.92 Å². The lowest BCUT2D eigenvalue weighted by molar-refractivity contribution is -0.144. The first-order chi connectivity index (χ1) is 8.00. The number of carbonyl (C=O) groups is 2. The topological polar surface area (TPSA) is 84.9 Å². The van der Waals surface area contributed by atoms with E-state index in [1.807, 2.05) is 0 Å². The molecule has 1 aliphatic heterocycles. The third-order valence-corrected chi connectivity index (χ3v) is 2.65. The molecule has 0 aromatic carbocycles. The first-order valence-electron chi connectivity index (χ1n) is 5.77. The molecule has 1 heterocycles. The molecule has 0 aromatic heterocycles. The molecule has 0 saturated carbocycles. The minimum Gasteiger partial charge on any atom is -0.480 e. The summed E-state index contributed by atoms with van der Waals surface area (Å²) in [4.78, 5) is 22.1. The molecular formula is C11H19NO5. The summed E-state index contributed by atoms with van der Waals surface area (Å²) in [5.41, 5.74) is 0. The van der Waals surface area contributed by atoms with E-state index in [9.17, 15) is 9.59 Å². The quantitative estimate of drug-likeness (QED) is 0.696. The van der Waals surface area contributed by atoms with Gasteiger partial charge in [0.15, 0.2) is 0 Å². The van der Waals surface area contributed by atoms with E-state index in [4.69, 9.17) is 14.6 Å². The Kier molecular flexibility index (Phi) is 5.37. The molecule has 0 radical (unpaired) electrons. The van der Waals surface area contributed by atoms with Gasteiger partial charge in [-0.3, -0.25) is 9.59 Å². The Morgan fingerprint density at radius 1 is 1.53 bits per heavy atom. The Morgan fingerprint density at radius 3 is 2.76 bits per heavy atom. The minimum absolute atomic E-state index is 0.0575. The Morgan fingerprint density at radius 2 is 2.24 bits per heavy atom. The fraction of sp³-hybridized carbons (Fsp3) is 0.818. The van der Waals surface area contributed by atoms with Crippen molar-refractivity contribution in [1.29, 1.82) is 0 Å². The van der Waals surface area contributed by atoms with Crippen molar-refractivity contribution in [3.8, 4) is 0 Å². The number of carbonyl (C=O) groups excluding carboxylic acids is 1. The summed E-state index contributed by atoms with van der Waals surface area (Å²) in [6.07, 6.45) is 1.35. The summed E-state index contributed by atoms with van der Waals surface area (Å²) in [5, 5.41) is 11.0. The first kappa shape index (κ1) is 13.9. The number of aliphatic carboxylic acids is 1. The molecule has 0 aliphatic carbocycles. The molecule has 98 valence electrons. The predicted octanol–water partition coefficient (Wildman–Crippen LogP) is 0.160. The normalized spacial score (nSPS) is 23.1. The van der Waals surface area contributed by atoms with Crippen LogP contribution in [0, 0.1) is 0 Å². The molecule has 0 spiro atoms. The summed E-state index contributed by atoms with van der Waals surface area (Å²) in [7, 11) is 0. The van der Waals surface area contributed by atoms with E-state index in [1.165, 1.54) is 6.92 Å². The lowest BCUT2D eigenvalue weighted by Crippen LogP contribution is -2.44. The van der Waals surface area contributed by atoms with Gasteiger partial charge in [-0.05, 0) is 26.7 Å². The molecule has 6 heteroatoms. The van der Waals surface area contributed by atoms with E-state index in [0.717, 1.165) is 19.4 Å². The molecule has 1 amide bonds. The molecule has 1 fully saturated rings. The van der Waals surface area contributed by atoms with Crippen LogP contribution in [0.5, 0.6) is 0 Å². The lowest BCUT2D eigenvalue weighted by Gasteiger charge is -2.17. The van der Waals surface area contributed by atoms with E-state index in [-0.39, 0.29) is 6.10 Å². The van der Waals surface area contributed by atoms with Gasteiger partial charge in [0.25, 0.3) is 0 Å². The average Bonchev–Trinajstić information content (AvgIpc) is 2.78. The van der Waals surface area contributed by atoms with Gasteiger partial charge in [-0.15, -0.1) is 0 Å². The summed E-state index contributed by atoms with van der Waals surface area (Å²) >= 11 is 0. The molecular weight excluding hydrogens is 226 g/mol. The van der Waals surface area contributed by atoms with Crippen molar-refractivity contribution >= 4 is 11.9 Å². The third-order valence-electron chi connectivity index (χ3n) is 2.65. The van der Waals surface area contributed by atoms with Crippen molar-refractivity contribution in [3.05, 3.63) is 0 Å². The molecule has 2 N–H and O–H groups in total. The SMILES string of the molecule is CC(OCC1CCCO1)C(=O)N[C@H](C)C(=O)O. The maximum absolute atomic E-state index is 11.5. The van der Waals surface area contributed by atoms with Crippen LogP contribution in [0.15, 0.2) is 0 Å². The van der Waals surface area contributed by atoms with Crippen LogP contribution in [0.2, 0.25) is 0 Å². The zero-order chi connectivity index (χ0) is 12.8. The number of carboxylic acids is 1. The van der Waals surface area contributed by atoms with Gasteiger partial charge < -0.3 is 19.9 Å². The number of rotatable bonds is 6. The van der Waals surface area contributed by atoms with Crippen molar-refractivity contribution in [1.82, 2.24) is 5.32 Å². The number of nitrogens with one attached hydrogen (secondary N) is 1. The fourth-order valence-electron chi connectivity index (χ4n) is 1.50. The van der Waals surface area contributed by atoms with Crippen LogP contribution in [0.4, 0.5) is 0 Å². The van der Waals surface area contributed by atoms with Crippen molar-refractivity contribution in [2.75, 3.05) is 13.2 Å². The molecule has 6 nitrogen and oxygen atoms in total. The second kappa shape index (κ2) is 6.56. The third kappa shape index (κ3) is 4.70. The van der Waals surface area contributed by atoms with Gasteiger partial charge >= 0.3 is 5.97 Å². The molecule has 0 aromatic rings. The molecule has 0 bridgehead atoms. The van der Waals surface area contributed by atoms with Gasteiger partial charge in [-0.1, -0.05) is 0 Å². The van der Waals surface area contributed by atoms with Crippen molar-refractivity contribution in [3.63, 3.8) is 0 Å². The van der Waals surface area contributed by atoms with Crippen LogP contribution in [-0.4, -0.2) is 48.4 Å². The van der Waals surface area contributed by atoms with Crippen molar-refractivity contribution < 1.29 is 24.2 Å². The van der Waals surface area contributed by atoms with Crippen LogP contribution < -0.4 is 5.32 Å². The lowest BCUT2D eigenvalue weighted by atomic mass is 10.2. The number of hydrogen-bond acceptors (Lipinski definition) is 4. The highest BCUT2D eigenvalue weighted by Crippen LogP contribution is 2.12. The Hall–Kier alpha value is -1.14. The molecule has 1 rings (SSSR count). The summed E-state index contributed by atoms with van der Waals surface area (Å²) in [5.74, 6) is -1.48. The zero-order valence-electron chi connectivity index (χ0n) is 10.1. The van der Waals surface area contributed by atoms with Crippen LogP contribution in [0.3, 0.4) is 0 Å². The van der Waals surface area contributed by atoms with Crippen LogP contribution in [-0.2, 0) is 19.1 Å². The van der Waals surface area contributed by atoms with E-state index < -0.39 is 24.0 Å². The number of ether oxygens (including phenoxy) is 2. The fourth-order valence-corrected chi connectivity index (χ4v) is 1.50. The van der Waals surface area contributed by atoms with Gasteiger partial charge in [0.1, 0.15) is 12.1 Å². The standard InChI is InChI=1S/C11H19NO5/c1-7(11(14)15)12-10(13)8(2)17-6-9-4-3-5-16-9/h7-9H,3-6H2,1-2H3,(H,12,13)(H,14,15)/t7-,8?,9?/m1/s1. The van der Waals surface area contributed by atoms with Crippen LogP contribution in [0.25, 0.3) is 0 Å². The summed E-state index contributed by atoms with van der Waals surface area (Å²) in [6, 6.07) is -0.906.